The minimum atomic E-state index is -0.866. The smallest absolute Gasteiger partial charge is 0.306 e. The summed E-state index contributed by atoms with van der Waals surface area (Å²) >= 11 is 1.21. The first kappa shape index (κ1) is 13.8. The molecule has 0 N–H and O–H groups in total. The summed E-state index contributed by atoms with van der Waals surface area (Å²) in [5.74, 6) is -0.511. The molecule has 0 saturated heterocycles. The van der Waals surface area contributed by atoms with Gasteiger partial charge in [0, 0.05) is 17.5 Å². The molecule has 0 aliphatic carbocycles. The van der Waals surface area contributed by atoms with Gasteiger partial charge in [-0.1, -0.05) is 13.8 Å². The molecule has 1 heterocycles. The normalized spacial score (nSPS) is 14.7. The fourth-order valence-corrected chi connectivity index (χ4v) is 2.85. The minimum absolute atomic E-state index is 0.105. The third-order valence-corrected chi connectivity index (χ3v) is 3.75. The molecule has 1 amide bonds. The van der Waals surface area contributed by atoms with E-state index in [-0.39, 0.29) is 17.6 Å². The number of thioether (sulfide) groups is 1. The third kappa shape index (κ3) is 2.70. The molecule has 19 heavy (non-hydrogen) atoms. The number of nitro groups is 1. The summed E-state index contributed by atoms with van der Waals surface area (Å²) < 4.78 is 13.6. The number of carbonyl (C=O) groups is 1. The molecule has 0 atom stereocenters. The van der Waals surface area contributed by atoms with Gasteiger partial charge in [-0.3, -0.25) is 14.9 Å². The van der Waals surface area contributed by atoms with Gasteiger partial charge in [-0.05, 0) is 12.0 Å². The molecule has 0 aromatic heterocycles. The Kier molecular flexibility index (Phi) is 3.75. The number of anilines is 1. The van der Waals surface area contributed by atoms with Gasteiger partial charge in [0.1, 0.15) is 0 Å². The van der Waals surface area contributed by atoms with Crippen LogP contribution in [0.1, 0.15) is 13.8 Å². The largest absolute Gasteiger partial charge is 0.310 e. The molecule has 1 aliphatic heterocycles. The Hall–Kier alpha value is -1.63. The van der Waals surface area contributed by atoms with Gasteiger partial charge >= 0.3 is 5.69 Å². The Morgan fingerprint density at radius 2 is 2.21 bits per heavy atom. The zero-order valence-electron chi connectivity index (χ0n) is 10.6. The number of halogens is 1. The summed E-state index contributed by atoms with van der Waals surface area (Å²) in [6, 6.07) is 2.29. The zero-order valence-corrected chi connectivity index (χ0v) is 11.4. The summed E-state index contributed by atoms with van der Waals surface area (Å²) in [5, 5.41) is 10.8. The van der Waals surface area contributed by atoms with E-state index in [1.165, 1.54) is 16.7 Å². The summed E-state index contributed by atoms with van der Waals surface area (Å²) in [6.45, 7) is 4.37. The molecule has 7 heteroatoms. The topological polar surface area (TPSA) is 63.5 Å². The highest BCUT2D eigenvalue weighted by atomic mass is 32.2. The standard InChI is InChI=1S/C12H13FN2O3S/c1-7(2)5-14-10-4-9(15(17)18)8(13)3-11(10)19-6-12(14)16/h3-4,7H,5-6H2,1-2H3. The van der Waals surface area contributed by atoms with Crippen molar-refractivity contribution in [2.24, 2.45) is 5.92 Å². The van der Waals surface area contributed by atoms with Crippen molar-refractivity contribution in [3.8, 4) is 0 Å². The highest BCUT2D eigenvalue weighted by Gasteiger charge is 2.29. The first-order chi connectivity index (χ1) is 8.90. The lowest BCUT2D eigenvalue weighted by Crippen LogP contribution is -2.38. The summed E-state index contributed by atoms with van der Waals surface area (Å²) in [5.41, 5.74) is -0.161. The van der Waals surface area contributed by atoms with Crippen LogP contribution in [0.5, 0.6) is 0 Å². The van der Waals surface area contributed by atoms with Crippen molar-refractivity contribution in [2.75, 3.05) is 17.2 Å². The quantitative estimate of drug-likeness (QED) is 0.632. The molecule has 2 rings (SSSR count). The lowest BCUT2D eigenvalue weighted by atomic mass is 10.1. The lowest BCUT2D eigenvalue weighted by molar-refractivity contribution is -0.387. The molecule has 0 fully saturated rings. The maximum atomic E-state index is 13.6. The van der Waals surface area contributed by atoms with Crippen LogP contribution in [0, 0.1) is 21.8 Å². The van der Waals surface area contributed by atoms with E-state index in [0.717, 1.165) is 12.1 Å². The molecule has 0 saturated carbocycles. The Balaban J connectivity index is 2.50. The second-order valence-electron chi connectivity index (χ2n) is 4.72. The van der Waals surface area contributed by atoms with E-state index >= 15 is 0 Å². The summed E-state index contributed by atoms with van der Waals surface area (Å²) in [4.78, 5) is 24.0. The van der Waals surface area contributed by atoms with Crippen LogP contribution in [0.2, 0.25) is 0 Å². The number of nitrogens with zero attached hydrogens (tertiary/aromatic N) is 2. The minimum Gasteiger partial charge on any atom is -0.310 e. The number of benzene rings is 1. The highest BCUT2D eigenvalue weighted by Crippen LogP contribution is 2.39. The van der Waals surface area contributed by atoms with Crippen LogP contribution in [-0.4, -0.2) is 23.1 Å². The summed E-state index contributed by atoms with van der Waals surface area (Å²) in [7, 11) is 0. The van der Waals surface area contributed by atoms with E-state index < -0.39 is 16.4 Å². The number of rotatable bonds is 3. The van der Waals surface area contributed by atoms with E-state index in [4.69, 9.17) is 0 Å². The van der Waals surface area contributed by atoms with Crippen LogP contribution in [-0.2, 0) is 4.79 Å². The monoisotopic (exact) mass is 284 g/mol. The van der Waals surface area contributed by atoms with Gasteiger partial charge in [-0.2, -0.15) is 4.39 Å². The maximum Gasteiger partial charge on any atom is 0.306 e. The van der Waals surface area contributed by atoms with Crippen LogP contribution < -0.4 is 4.90 Å². The second-order valence-corrected chi connectivity index (χ2v) is 5.73. The molecular formula is C12H13FN2O3S. The highest BCUT2D eigenvalue weighted by molar-refractivity contribution is 8.00. The van der Waals surface area contributed by atoms with E-state index in [2.05, 4.69) is 0 Å². The lowest BCUT2D eigenvalue weighted by Gasteiger charge is -2.30. The number of amides is 1. The second kappa shape index (κ2) is 5.16. The Morgan fingerprint density at radius 3 is 2.79 bits per heavy atom. The third-order valence-electron chi connectivity index (χ3n) is 2.72. The van der Waals surface area contributed by atoms with Crippen molar-refractivity contribution in [2.45, 2.75) is 18.7 Å². The number of fused-ring (bicyclic) bond motifs is 1. The first-order valence-corrected chi connectivity index (χ1v) is 6.79. The van der Waals surface area contributed by atoms with Gasteiger partial charge in [0.15, 0.2) is 0 Å². The molecule has 0 bridgehead atoms. The molecule has 0 spiro atoms. The van der Waals surface area contributed by atoms with Crippen molar-refractivity contribution in [3.05, 3.63) is 28.1 Å². The maximum absolute atomic E-state index is 13.6. The van der Waals surface area contributed by atoms with Gasteiger partial charge in [0.25, 0.3) is 0 Å². The van der Waals surface area contributed by atoms with Gasteiger partial charge in [0.2, 0.25) is 11.7 Å². The molecule has 0 unspecified atom stereocenters. The Labute approximate surface area is 113 Å². The number of hydrogen-bond donors (Lipinski definition) is 0. The predicted octanol–water partition coefficient (Wildman–Crippen LogP) is 2.83. The van der Waals surface area contributed by atoms with E-state index in [0.29, 0.717) is 17.1 Å². The van der Waals surface area contributed by atoms with Gasteiger partial charge in [0.05, 0.1) is 16.4 Å². The molecule has 1 aliphatic rings. The average molecular weight is 284 g/mol. The molecule has 102 valence electrons. The fourth-order valence-electron chi connectivity index (χ4n) is 1.92. The van der Waals surface area contributed by atoms with Crippen molar-refractivity contribution in [3.63, 3.8) is 0 Å². The number of nitro benzene ring substituents is 1. The first-order valence-electron chi connectivity index (χ1n) is 5.81. The van der Waals surface area contributed by atoms with Crippen LogP contribution in [0.15, 0.2) is 17.0 Å². The average Bonchev–Trinajstić information content (AvgIpc) is 2.31. The van der Waals surface area contributed by atoms with Crippen molar-refractivity contribution in [1.29, 1.82) is 0 Å². The zero-order chi connectivity index (χ0) is 14.2. The van der Waals surface area contributed by atoms with Gasteiger partial charge in [-0.25, -0.2) is 0 Å². The molecule has 1 aromatic carbocycles. The Bertz CT molecular complexity index is 548. The molecule has 0 radical (unpaired) electrons. The van der Waals surface area contributed by atoms with E-state index in [9.17, 15) is 19.3 Å². The SMILES string of the molecule is CC(C)CN1C(=O)CSc2cc(F)c([N+](=O)[O-])cc21. The fraction of sp³-hybridized carbons (Fsp3) is 0.417. The van der Waals surface area contributed by atoms with Crippen LogP contribution in [0.3, 0.4) is 0 Å². The van der Waals surface area contributed by atoms with Gasteiger partial charge in [-0.15, -0.1) is 11.8 Å². The number of carbonyl (C=O) groups excluding carboxylic acids is 1. The molecule has 5 nitrogen and oxygen atoms in total. The van der Waals surface area contributed by atoms with Crippen LogP contribution in [0.4, 0.5) is 15.8 Å². The van der Waals surface area contributed by atoms with E-state index in [1.54, 1.807) is 0 Å². The summed E-state index contributed by atoms with van der Waals surface area (Å²) in [6.07, 6.45) is 0. The van der Waals surface area contributed by atoms with Gasteiger partial charge < -0.3 is 4.90 Å². The molecule has 1 aromatic rings. The van der Waals surface area contributed by atoms with Crippen LogP contribution in [0.25, 0.3) is 0 Å². The number of hydrogen-bond acceptors (Lipinski definition) is 4. The van der Waals surface area contributed by atoms with Crippen molar-refractivity contribution >= 4 is 29.0 Å². The molecular weight excluding hydrogens is 271 g/mol. The predicted molar refractivity (Wildman–Crippen MR) is 71.0 cm³/mol. The van der Waals surface area contributed by atoms with Crippen molar-refractivity contribution in [1.82, 2.24) is 0 Å². The van der Waals surface area contributed by atoms with Crippen LogP contribution >= 0.6 is 11.8 Å². The van der Waals surface area contributed by atoms with Crippen molar-refractivity contribution < 1.29 is 14.1 Å². The van der Waals surface area contributed by atoms with E-state index in [1.807, 2.05) is 13.8 Å². The Morgan fingerprint density at radius 1 is 1.53 bits per heavy atom.